The predicted molar refractivity (Wildman–Crippen MR) is 99.9 cm³/mol. The van der Waals surface area contributed by atoms with Crippen molar-refractivity contribution in [3.63, 3.8) is 0 Å². The fraction of sp³-hybridized carbons (Fsp3) is 0.500. The number of benzene rings is 1. The van der Waals surface area contributed by atoms with Crippen LogP contribution in [-0.2, 0) is 11.3 Å². The molecule has 2 aromatic rings. The van der Waals surface area contributed by atoms with E-state index in [0.29, 0.717) is 5.92 Å². The van der Waals surface area contributed by atoms with Crippen LogP contribution in [0.4, 0.5) is 0 Å². The number of rotatable bonds is 5. The Bertz CT molecular complexity index is 702. The summed E-state index contributed by atoms with van der Waals surface area (Å²) in [7, 11) is 0. The maximum Gasteiger partial charge on any atom is 0.225 e. The second-order valence-electron chi connectivity index (χ2n) is 7.99. The summed E-state index contributed by atoms with van der Waals surface area (Å²) in [6.45, 7) is 9.60. The summed E-state index contributed by atoms with van der Waals surface area (Å²) < 4.78 is 0. The number of amides is 1. The van der Waals surface area contributed by atoms with Crippen molar-refractivity contribution in [2.24, 2.45) is 11.3 Å². The van der Waals surface area contributed by atoms with Gasteiger partial charge in [-0.25, -0.2) is 0 Å². The van der Waals surface area contributed by atoms with Gasteiger partial charge < -0.3 is 5.32 Å². The van der Waals surface area contributed by atoms with Crippen LogP contribution in [0.1, 0.15) is 32.8 Å². The molecule has 0 unspecified atom stereocenters. The van der Waals surface area contributed by atoms with Gasteiger partial charge in [0.1, 0.15) is 0 Å². The maximum atomic E-state index is 12.0. The summed E-state index contributed by atoms with van der Waals surface area (Å²) in [6.07, 6.45) is 3.06. The molecule has 5 nitrogen and oxygen atoms in total. The predicted octanol–water partition coefficient (Wildman–Crippen LogP) is 3.06. The van der Waals surface area contributed by atoms with Crippen molar-refractivity contribution in [2.75, 3.05) is 19.6 Å². The molecule has 1 fully saturated rings. The summed E-state index contributed by atoms with van der Waals surface area (Å²) >= 11 is 0. The van der Waals surface area contributed by atoms with Gasteiger partial charge in [0.25, 0.3) is 0 Å². The number of carbonyl (C=O) groups excluding carboxylic acids is 1. The van der Waals surface area contributed by atoms with E-state index in [2.05, 4.69) is 32.5 Å². The lowest BCUT2D eigenvalue weighted by atomic mass is 9.95. The van der Waals surface area contributed by atoms with Crippen molar-refractivity contribution in [3.05, 3.63) is 42.1 Å². The molecular formula is C20H28N4O. The van der Waals surface area contributed by atoms with E-state index < -0.39 is 0 Å². The molecule has 1 atom stereocenters. The van der Waals surface area contributed by atoms with Crippen LogP contribution in [-0.4, -0.2) is 40.6 Å². The molecule has 0 aliphatic carbocycles. The lowest BCUT2D eigenvalue weighted by Gasteiger charge is -2.20. The van der Waals surface area contributed by atoms with Crippen LogP contribution >= 0.6 is 0 Å². The van der Waals surface area contributed by atoms with E-state index in [4.69, 9.17) is 0 Å². The van der Waals surface area contributed by atoms with Crippen molar-refractivity contribution < 1.29 is 4.79 Å². The average Bonchev–Trinajstić information content (AvgIpc) is 3.22. The molecule has 1 aromatic carbocycles. The molecule has 1 aliphatic heterocycles. The van der Waals surface area contributed by atoms with E-state index in [0.717, 1.165) is 38.3 Å². The minimum absolute atomic E-state index is 0.132. The summed E-state index contributed by atoms with van der Waals surface area (Å²) in [5.74, 6) is 0.658. The van der Waals surface area contributed by atoms with Gasteiger partial charge >= 0.3 is 0 Å². The van der Waals surface area contributed by atoms with Gasteiger partial charge in [-0.1, -0.05) is 51.1 Å². The summed E-state index contributed by atoms with van der Waals surface area (Å²) in [4.78, 5) is 14.5. The van der Waals surface area contributed by atoms with E-state index in [1.807, 2.05) is 45.2 Å². The molecule has 3 rings (SSSR count). The zero-order chi connectivity index (χ0) is 17.9. The number of nitrogens with one attached hydrogen (secondary N) is 2. The molecule has 0 spiro atoms. The third-order valence-electron chi connectivity index (χ3n) is 4.78. The molecule has 5 heteroatoms. The first-order valence-electron chi connectivity index (χ1n) is 9.02. The molecule has 134 valence electrons. The van der Waals surface area contributed by atoms with E-state index in [9.17, 15) is 4.79 Å². The number of aromatic nitrogens is 2. The van der Waals surface area contributed by atoms with Crippen LogP contribution in [0.15, 0.2) is 36.5 Å². The SMILES string of the molecule is CC(C)(C)C(=O)NC[C@@H]1CCN(Cc2cn[nH]c2-c2ccccc2)C1. The van der Waals surface area contributed by atoms with Gasteiger partial charge in [-0.2, -0.15) is 5.10 Å². The number of likely N-dealkylation sites (tertiary alicyclic amines) is 1. The van der Waals surface area contributed by atoms with Gasteiger partial charge in [0.2, 0.25) is 5.91 Å². The fourth-order valence-electron chi connectivity index (χ4n) is 3.25. The van der Waals surface area contributed by atoms with Crippen LogP contribution in [0.3, 0.4) is 0 Å². The van der Waals surface area contributed by atoms with Crippen molar-refractivity contribution in [1.82, 2.24) is 20.4 Å². The van der Waals surface area contributed by atoms with Gasteiger partial charge in [-0.3, -0.25) is 14.8 Å². The first-order chi connectivity index (χ1) is 11.9. The normalized spacial score (nSPS) is 18.4. The van der Waals surface area contributed by atoms with Crippen molar-refractivity contribution in [2.45, 2.75) is 33.7 Å². The molecule has 0 saturated carbocycles. The molecule has 0 radical (unpaired) electrons. The van der Waals surface area contributed by atoms with Crippen molar-refractivity contribution >= 4 is 5.91 Å². The lowest BCUT2D eigenvalue weighted by Crippen LogP contribution is -2.38. The minimum atomic E-state index is -0.320. The second kappa shape index (κ2) is 7.40. The second-order valence-corrected chi connectivity index (χ2v) is 7.99. The van der Waals surface area contributed by atoms with Crippen LogP contribution in [0.2, 0.25) is 0 Å². The highest BCUT2D eigenvalue weighted by Gasteiger charge is 2.26. The largest absolute Gasteiger partial charge is 0.355 e. The molecule has 25 heavy (non-hydrogen) atoms. The maximum absolute atomic E-state index is 12.0. The first-order valence-corrected chi connectivity index (χ1v) is 9.02. The number of H-pyrrole nitrogens is 1. The topological polar surface area (TPSA) is 61.0 Å². The number of aromatic amines is 1. The van der Waals surface area contributed by atoms with E-state index >= 15 is 0 Å². The van der Waals surface area contributed by atoms with E-state index in [1.165, 1.54) is 11.1 Å². The zero-order valence-corrected chi connectivity index (χ0v) is 15.4. The van der Waals surface area contributed by atoms with Gasteiger partial charge in [0, 0.05) is 30.6 Å². The van der Waals surface area contributed by atoms with Crippen LogP contribution in [0, 0.1) is 11.3 Å². The van der Waals surface area contributed by atoms with Gasteiger partial charge in [0.05, 0.1) is 11.9 Å². The van der Waals surface area contributed by atoms with Gasteiger partial charge in [-0.15, -0.1) is 0 Å². The number of hydrogen-bond donors (Lipinski definition) is 2. The van der Waals surface area contributed by atoms with Crippen LogP contribution < -0.4 is 5.32 Å². The van der Waals surface area contributed by atoms with Gasteiger partial charge in [-0.05, 0) is 24.4 Å². The third-order valence-corrected chi connectivity index (χ3v) is 4.78. The molecule has 1 aromatic heterocycles. The number of hydrogen-bond acceptors (Lipinski definition) is 3. The highest BCUT2D eigenvalue weighted by molar-refractivity contribution is 5.81. The quantitative estimate of drug-likeness (QED) is 0.879. The molecule has 1 saturated heterocycles. The van der Waals surface area contributed by atoms with E-state index in [-0.39, 0.29) is 11.3 Å². The molecule has 2 N–H and O–H groups in total. The highest BCUT2D eigenvalue weighted by Crippen LogP contribution is 2.25. The Morgan fingerprint density at radius 2 is 2.08 bits per heavy atom. The Hall–Kier alpha value is -2.14. The smallest absolute Gasteiger partial charge is 0.225 e. The van der Waals surface area contributed by atoms with E-state index in [1.54, 1.807) is 0 Å². The Labute approximate surface area is 149 Å². The Morgan fingerprint density at radius 1 is 1.32 bits per heavy atom. The summed E-state index contributed by atoms with van der Waals surface area (Å²) in [5, 5.41) is 10.5. The summed E-state index contributed by atoms with van der Waals surface area (Å²) in [5.41, 5.74) is 3.18. The minimum Gasteiger partial charge on any atom is -0.355 e. The lowest BCUT2D eigenvalue weighted by molar-refractivity contribution is -0.128. The molecule has 1 amide bonds. The Balaban J connectivity index is 1.54. The standard InChI is InChI=1S/C20H28N4O/c1-20(2,3)19(25)21-11-15-9-10-24(13-15)14-17-12-22-23-18(17)16-7-5-4-6-8-16/h4-8,12,15H,9-11,13-14H2,1-3H3,(H,21,25)(H,22,23)/t15-/m0/s1. The Morgan fingerprint density at radius 3 is 2.80 bits per heavy atom. The van der Waals surface area contributed by atoms with Gasteiger partial charge in [0.15, 0.2) is 0 Å². The molecule has 0 bridgehead atoms. The fourth-order valence-corrected chi connectivity index (χ4v) is 3.25. The molecule has 1 aliphatic rings. The third kappa shape index (κ3) is 4.48. The number of nitrogens with zero attached hydrogens (tertiary/aromatic N) is 2. The molecular weight excluding hydrogens is 312 g/mol. The van der Waals surface area contributed by atoms with Crippen LogP contribution in [0.25, 0.3) is 11.3 Å². The monoisotopic (exact) mass is 340 g/mol. The number of carbonyl (C=O) groups is 1. The van der Waals surface area contributed by atoms with Crippen LogP contribution in [0.5, 0.6) is 0 Å². The van der Waals surface area contributed by atoms with Crippen molar-refractivity contribution in [3.8, 4) is 11.3 Å². The molecule has 2 heterocycles. The summed E-state index contributed by atoms with van der Waals surface area (Å²) in [6, 6.07) is 10.3. The first kappa shape index (κ1) is 17.7. The average molecular weight is 340 g/mol. The van der Waals surface area contributed by atoms with Crippen molar-refractivity contribution in [1.29, 1.82) is 0 Å². The Kier molecular flexibility index (Phi) is 5.23. The highest BCUT2D eigenvalue weighted by atomic mass is 16.2. The zero-order valence-electron chi connectivity index (χ0n) is 15.4.